The van der Waals surface area contributed by atoms with Crippen molar-refractivity contribution >= 4 is 17.0 Å². The lowest BCUT2D eigenvalue weighted by Gasteiger charge is -2.09. The summed E-state index contributed by atoms with van der Waals surface area (Å²) in [5.74, 6) is 1.20. The Morgan fingerprint density at radius 1 is 1.12 bits per heavy atom. The molecular formula is C22H19N3O. The molecule has 0 saturated heterocycles. The zero-order valence-electron chi connectivity index (χ0n) is 14.8. The van der Waals surface area contributed by atoms with Gasteiger partial charge in [-0.25, -0.2) is 0 Å². The van der Waals surface area contributed by atoms with Crippen LogP contribution in [0.3, 0.4) is 0 Å². The van der Waals surface area contributed by atoms with Crippen LogP contribution in [-0.4, -0.2) is 14.7 Å². The summed E-state index contributed by atoms with van der Waals surface area (Å²) in [4.78, 5) is 4.66. The van der Waals surface area contributed by atoms with Crippen LogP contribution in [0, 0.1) is 0 Å². The van der Waals surface area contributed by atoms with Crippen molar-refractivity contribution in [3.05, 3.63) is 65.9 Å². The third-order valence-electron chi connectivity index (χ3n) is 5.01. The first kappa shape index (κ1) is 15.1. The van der Waals surface area contributed by atoms with Crippen molar-refractivity contribution in [3.8, 4) is 22.8 Å². The Kier molecular flexibility index (Phi) is 3.32. The Balaban J connectivity index is 1.56. The average Bonchev–Trinajstić information content (AvgIpc) is 3.38. The van der Waals surface area contributed by atoms with Gasteiger partial charge in [0.2, 0.25) is 5.82 Å². The van der Waals surface area contributed by atoms with E-state index in [1.165, 1.54) is 22.0 Å². The minimum atomic E-state index is 0.432. The van der Waals surface area contributed by atoms with Crippen molar-refractivity contribution in [1.82, 2.24) is 14.7 Å². The highest BCUT2D eigenvalue weighted by Gasteiger charge is 2.17. The second-order valence-electron chi connectivity index (χ2n) is 7.00. The molecule has 4 heteroatoms. The lowest BCUT2D eigenvalue weighted by molar-refractivity contribution is 0.432. The molecule has 0 spiro atoms. The van der Waals surface area contributed by atoms with Crippen LogP contribution >= 0.6 is 0 Å². The van der Waals surface area contributed by atoms with E-state index in [2.05, 4.69) is 83.3 Å². The van der Waals surface area contributed by atoms with Gasteiger partial charge in [0.05, 0.1) is 0 Å². The molecule has 5 rings (SSSR count). The molecule has 26 heavy (non-hydrogen) atoms. The van der Waals surface area contributed by atoms with Gasteiger partial charge in [0.25, 0.3) is 5.89 Å². The monoisotopic (exact) mass is 341 g/mol. The zero-order chi connectivity index (χ0) is 17.7. The van der Waals surface area contributed by atoms with Crippen LogP contribution in [0.1, 0.15) is 31.0 Å². The molecule has 0 amide bonds. The molecule has 0 radical (unpaired) electrons. The number of nitrogens with zero attached hydrogens (tertiary/aromatic N) is 3. The highest BCUT2D eigenvalue weighted by Crippen LogP contribution is 2.32. The molecule has 0 unspecified atom stereocenters. The quantitative estimate of drug-likeness (QED) is 0.493. The van der Waals surface area contributed by atoms with Gasteiger partial charge < -0.3 is 9.09 Å². The average molecular weight is 341 g/mol. The largest absolute Gasteiger partial charge is 0.345 e. The minimum absolute atomic E-state index is 0.432. The predicted octanol–water partition coefficient (Wildman–Crippen LogP) is 5.51. The number of aromatic nitrogens is 3. The first-order valence-corrected chi connectivity index (χ1v) is 8.94. The Bertz CT molecular complexity index is 1150. The molecule has 4 nitrogen and oxygen atoms in total. The minimum Gasteiger partial charge on any atom is -0.345 e. The first-order chi connectivity index (χ1) is 12.7. The summed E-state index contributed by atoms with van der Waals surface area (Å²) in [5.41, 5.74) is 5.70. The van der Waals surface area contributed by atoms with E-state index in [1.54, 1.807) is 0 Å². The lowest BCUT2D eigenvalue weighted by atomic mass is 10.0. The number of benzene rings is 2. The van der Waals surface area contributed by atoms with Crippen LogP contribution in [0.5, 0.6) is 0 Å². The van der Waals surface area contributed by atoms with Crippen LogP contribution in [0.4, 0.5) is 0 Å². The highest BCUT2D eigenvalue weighted by molar-refractivity contribution is 5.85. The predicted molar refractivity (Wildman–Crippen MR) is 104 cm³/mol. The molecule has 128 valence electrons. The smallest absolute Gasteiger partial charge is 0.258 e. The number of fused-ring (bicyclic) bond motifs is 2. The van der Waals surface area contributed by atoms with Crippen molar-refractivity contribution < 1.29 is 4.52 Å². The highest BCUT2D eigenvalue weighted by atomic mass is 16.5. The van der Waals surface area contributed by atoms with Gasteiger partial charge in [-0.15, -0.1) is 0 Å². The van der Waals surface area contributed by atoms with Gasteiger partial charge in [0, 0.05) is 34.3 Å². The molecule has 1 aliphatic rings. The SMILES string of the molecule is CC(C)n1ccc2cc(-c3nc(-c4cccc5c4C=CC5)no3)ccc21. The summed E-state index contributed by atoms with van der Waals surface area (Å²) in [5, 5.41) is 5.41. The molecule has 2 heterocycles. The molecule has 0 atom stereocenters. The molecular weight excluding hydrogens is 322 g/mol. The summed E-state index contributed by atoms with van der Waals surface area (Å²) in [7, 11) is 0. The van der Waals surface area contributed by atoms with Crippen molar-refractivity contribution in [2.45, 2.75) is 26.3 Å². The van der Waals surface area contributed by atoms with Gasteiger partial charge >= 0.3 is 0 Å². The normalized spacial score (nSPS) is 13.0. The maximum Gasteiger partial charge on any atom is 0.258 e. The van der Waals surface area contributed by atoms with Crippen LogP contribution in [0.15, 0.2) is 59.3 Å². The van der Waals surface area contributed by atoms with Crippen LogP contribution in [0.25, 0.3) is 39.8 Å². The number of hydrogen-bond donors (Lipinski definition) is 0. The van der Waals surface area contributed by atoms with Crippen molar-refractivity contribution in [2.24, 2.45) is 0 Å². The number of allylic oxidation sites excluding steroid dienone is 1. The zero-order valence-corrected chi connectivity index (χ0v) is 14.8. The Morgan fingerprint density at radius 2 is 2.04 bits per heavy atom. The van der Waals surface area contributed by atoms with Crippen molar-refractivity contribution in [3.63, 3.8) is 0 Å². The molecule has 2 aromatic heterocycles. The van der Waals surface area contributed by atoms with Gasteiger partial charge in [0.15, 0.2) is 0 Å². The summed E-state index contributed by atoms with van der Waals surface area (Å²) in [6.07, 6.45) is 7.40. The molecule has 2 aromatic carbocycles. The fraction of sp³-hybridized carbons (Fsp3) is 0.182. The summed E-state index contributed by atoms with van der Waals surface area (Å²) in [6, 6.07) is 15.1. The summed E-state index contributed by atoms with van der Waals surface area (Å²) in [6.45, 7) is 4.37. The van der Waals surface area contributed by atoms with Crippen LogP contribution in [-0.2, 0) is 6.42 Å². The van der Waals surface area contributed by atoms with Crippen molar-refractivity contribution in [2.75, 3.05) is 0 Å². The maximum atomic E-state index is 5.58. The van der Waals surface area contributed by atoms with E-state index in [1.807, 2.05) is 6.07 Å². The molecule has 0 aliphatic heterocycles. The summed E-state index contributed by atoms with van der Waals surface area (Å²) < 4.78 is 7.84. The second kappa shape index (κ2) is 5.70. The van der Waals surface area contributed by atoms with Crippen LogP contribution < -0.4 is 0 Å². The van der Waals surface area contributed by atoms with E-state index in [4.69, 9.17) is 4.52 Å². The van der Waals surface area contributed by atoms with E-state index in [9.17, 15) is 0 Å². The van der Waals surface area contributed by atoms with E-state index in [0.717, 1.165) is 17.5 Å². The third-order valence-corrected chi connectivity index (χ3v) is 5.01. The maximum absolute atomic E-state index is 5.58. The third kappa shape index (κ3) is 2.30. The molecule has 4 aromatic rings. The Morgan fingerprint density at radius 3 is 2.92 bits per heavy atom. The standard InChI is InChI=1S/C22H19N3O/c1-14(2)25-12-11-16-13-17(9-10-20(16)25)22-23-21(24-26-22)19-8-4-6-15-5-3-7-18(15)19/h3-4,6-14H,5H2,1-2H3. The fourth-order valence-corrected chi connectivity index (χ4v) is 3.68. The van der Waals surface area contributed by atoms with Gasteiger partial charge in [-0.2, -0.15) is 4.98 Å². The Hall–Kier alpha value is -3.14. The van der Waals surface area contributed by atoms with Crippen molar-refractivity contribution in [1.29, 1.82) is 0 Å². The van der Waals surface area contributed by atoms with E-state index < -0.39 is 0 Å². The molecule has 0 N–H and O–H groups in total. The van der Waals surface area contributed by atoms with Gasteiger partial charge in [-0.1, -0.05) is 35.5 Å². The number of rotatable bonds is 3. The molecule has 1 aliphatic carbocycles. The molecule has 0 saturated carbocycles. The summed E-state index contributed by atoms with van der Waals surface area (Å²) >= 11 is 0. The second-order valence-corrected chi connectivity index (χ2v) is 7.00. The van der Waals surface area contributed by atoms with Crippen LogP contribution in [0.2, 0.25) is 0 Å². The molecule has 0 bridgehead atoms. The Labute approximate surface area is 151 Å². The van der Waals surface area contributed by atoms with Gasteiger partial charge in [0.1, 0.15) is 0 Å². The van der Waals surface area contributed by atoms with E-state index in [0.29, 0.717) is 17.8 Å². The van der Waals surface area contributed by atoms with Gasteiger partial charge in [-0.05, 0) is 55.7 Å². The van der Waals surface area contributed by atoms with Gasteiger partial charge in [-0.3, -0.25) is 0 Å². The topological polar surface area (TPSA) is 43.9 Å². The van der Waals surface area contributed by atoms with E-state index in [-0.39, 0.29) is 0 Å². The molecule has 0 fully saturated rings. The number of hydrogen-bond acceptors (Lipinski definition) is 3. The van der Waals surface area contributed by atoms with E-state index >= 15 is 0 Å². The lowest BCUT2D eigenvalue weighted by Crippen LogP contribution is -1.97. The first-order valence-electron chi connectivity index (χ1n) is 8.94. The fourth-order valence-electron chi connectivity index (χ4n) is 3.68.